The maximum absolute atomic E-state index is 11.2. The van der Waals surface area contributed by atoms with E-state index in [0.29, 0.717) is 0 Å². The number of benzene rings is 2. The monoisotopic (exact) mass is 255 g/mol. The SMILES string of the molecule is O=C(O)C1CCCN1Cc1cccc2ccccc12. The van der Waals surface area contributed by atoms with Crippen LogP contribution in [0.1, 0.15) is 18.4 Å². The quantitative estimate of drug-likeness (QED) is 0.916. The molecule has 0 saturated carbocycles. The largest absolute Gasteiger partial charge is 0.480 e. The summed E-state index contributed by atoms with van der Waals surface area (Å²) in [5.41, 5.74) is 1.21. The number of carbonyl (C=O) groups is 1. The molecule has 3 nitrogen and oxygen atoms in total. The van der Waals surface area contributed by atoms with Gasteiger partial charge in [0.1, 0.15) is 6.04 Å². The molecule has 1 fully saturated rings. The van der Waals surface area contributed by atoms with E-state index in [0.717, 1.165) is 25.9 Å². The van der Waals surface area contributed by atoms with E-state index in [-0.39, 0.29) is 6.04 Å². The van der Waals surface area contributed by atoms with Crippen LogP contribution in [0.3, 0.4) is 0 Å². The minimum atomic E-state index is -0.697. The van der Waals surface area contributed by atoms with Gasteiger partial charge < -0.3 is 5.11 Å². The van der Waals surface area contributed by atoms with Crippen molar-refractivity contribution in [3.63, 3.8) is 0 Å². The van der Waals surface area contributed by atoms with Crippen LogP contribution in [0.25, 0.3) is 10.8 Å². The Kier molecular flexibility index (Phi) is 3.22. The number of rotatable bonds is 3. The Labute approximate surface area is 112 Å². The summed E-state index contributed by atoms with van der Waals surface area (Å²) >= 11 is 0. The molecule has 1 N–H and O–H groups in total. The number of carboxylic acid groups (broad SMARTS) is 1. The van der Waals surface area contributed by atoms with Gasteiger partial charge in [0.05, 0.1) is 0 Å². The van der Waals surface area contributed by atoms with Crippen molar-refractivity contribution in [2.75, 3.05) is 6.54 Å². The molecule has 3 rings (SSSR count). The number of likely N-dealkylation sites (tertiary alicyclic amines) is 1. The molecule has 2 aromatic rings. The van der Waals surface area contributed by atoms with Gasteiger partial charge in [-0.3, -0.25) is 9.69 Å². The molecule has 1 heterocycles. The van der Waals surface area contributed by atoms with Crippen LogP contribution in [-0.4, -0.2) is 28.6 Å². The number of nitrogens with zero attached hydrogens (tertiary/aromatic N) is 1. The van der Waals surface area contributed by atoms with Crippen molar-refractivity contribution in [3.8, 4) is 0 Å². The summed E-state index contributed by atoms with van der Waals surface area (Å²) in [6, 6.07) is 14.2. The van der Waals surface area contributed by atoms with Crippen LogP contribution < -0.4 is 0 Å². The van der Waals surface area contributed by atoms with E-state index in [9.17, 15) is 9.90 Å². The molecule has 2 aromatic carbocycles. The van der Waals surface area contributed by atoms with Crippen LogP contribution in [0.15, 0.2) is 42.5 Å². The Morgan fingerprint density at radius 2 is 2.00 bits per heavy atom. The fourth-order valence-corrected chi connectivity index (χ4v) is 2.94. The zero-order valence-electron chi connectivity index (χ0n) is 10.7. The maximum Gasteiger partial charge on any atom is 0.320 e. The second kappa shape index (κ2) is 5.02. The Bertz CT molecular complexity index is 603. The summed E-state index contributed by atoms with van der Waals surface area (Å²) in [5.74, 6) is -0.697. The van der Waals surface area contributed by atoms with E-state index in [4.69, 9.17) is 0 Å². The summed E-state index contributed by atoms with van der Waals surface area (Å²) in [6.45, 7) is 1.60. The Balaban J connectivity index is 1.91. The van der Waals surface area contributed by atoms with Gasteiger partial charge in [-0.05, 0) is 35.7 Å². The predicted molar refractivity (Wildman–Crippen MR) is 75.0 cm³/mol. The number of hydrogen-bond acceptors (Lipinski definition) is 2. The summed E-state index contributed by atoms with van der Waals surface area (Å²) in [7, 11) is 0. The third-order valence-corrected chi connectivity index (χ3v) is 3.90. The van der Waals surface area contributed by atoms with Gasteiger partial charge in [-0.25, -0.2) is 0 Å². The lowest BCUT2D eigenvalue weighted by Gasteiger charge is -2.21. The van der Waals surface area contributed by atoms with Crippen molar-refractivity contribution in [2.45, 2.75) is 25.4 Å². The third-order valence-electron chi connectivity index (χ3n) is 3.90. The van der Waals surface area contributed by atoms with Gasteiger partial charge >= 0.3 is 5.97 Å². The molecule has 0 aromatic heterocycles. The highest BCUT2D eigenvalue weighted by Gasteiger charge is 2.30. The van der Waals surface area contributed by atoms with Gasteiger partial charge in [0.15, 0.2) is 0 Å². The van der Waals surface area contributed by atoms with Crippen LogP contribution in [0.2, 0.25) is 0 Å². The van der Waals surface area contributed by atoms with Crippen molar-refractivity contribution in [2.24, 2.45) is 0 Å². The van der Waals surface area contributed by atoms with Crippen molar-refractivity contribution in [1.82, 2.24) is 4.90 Å². The van der Waals surface area contributed by atoms with E-state index in [1.807, 2.05) is 18.2 Å². The fraction of sp³-hybridized carbons (Fsp3) is 0.312. The molecule has 19 heavy (non-hydrogen) atoms. The first kappa shape index (κ1) is 12.2. The number of hydrogen-bond donors (Lipinski definition) is 1. The van der Waals surface area contributed by atoms with Crippen LogP contribution in [0.5, 0.6) is 0 Å². The van der Waals surface area contributed by atoms with Gasteiger partial charge in [0, 0.05) is 6.54 Å². The number of aliphatic carboxylic acids is 1. The Morgan fingerprint density at radius 3 is 2.84 bits per heavy atom. The standard InChI is InChI=1S/C16H17NO2/c18-16(19)15-9-4-10-17(15)11-13-7-3-6-12-5-1-2-8-14(12)13/h1-3,5-8,15H,4,9-11H2,(H,18,19). The zero-order chi connectivity index (χ0) is 13.2. The molecule has 1 saturated heterocycles. The first-order valence-electron chi connectivity index (χ1n) is 6.69. The van der Waals surface area contributed by atoms with Crippen molar-refractivity contribution in [3.05, 3.63) is 48.0 Å². The Morgan fingerprint density at radius 1 is 1.21 bits per heavy atom. The Hall–Kier alpha value is -1.87. The summed E-state index contributed by atoms with van der Waals surface area (Å²) in [6.07, 6.45) is 1.74. The molecule has 1 atom stereocenters. The number of carboxylic acids is 1. The van der Waals surface area contributed by atoms with Crippen molar-refractivity contribution in [1.29, 1.82) is 0 Å². The lowest BCUT2D eigenvalue weighted by atomic mass is 10.0. The van der Waals surface area contributed by atoms with E-state index < -0.39 is 5.97 Å². The molecule has 0 spiro atoms. The van der Waals surface area contributed by atoms with Crippen LogP contribution in [-0.2, 0) is 11.3 Å². The minimum Gasteiger partial charge on any atom is -0.480 e. The lowest BCUT2D eigenvalue weighted by Crippen LogP contribution is -2.35. The van der Waals surface area contributed by atoms with Gasteiger partial charge in [0.25, 0.3) is 0 Å². The molecule has 0 aliphatic carbocycles. The summed E-state index contributed by atoms with van der Waals surface area (Å²) in [5, 5.41) is 11.7. The molecular weight excluding hydrogens is 238 g/mol. The first-order chi connectivity index (χ1) is 9.25. The third kappa shape index (κ3) is 2.34. The van der Waals surface area contributed by atoms with Crippen LogP contribution >= 0.6 is 0 Å². The van der Waals surface area contributed by atoms with E-state index >= 15 is 0 Å². The smallest absolute Gasteiger partial charge is 0.320 e. The molecule has 1 unspecified atom stereocenters. The average molecular weight is 255 g/mol. The van der Waals surface area contributed by atoms with E-state index in [1.165, 1.54) is 16.3 Å². The molecule has 98 valence electrons. The van der Waals surface area contributed by atoms with E-state index in [2.05, 4.69) is 29.2 Å². The van der Waals surface area contributed by atoms with Crippen molar-refractivity contribution < 1.29 is 9.90 Å². The van der Waals surface area contributed by atoms with Gasteiger partial charge in [-0.2, -0.15) is 0 Å². The molecular formula is C16H17NO2. The molecule has 1 aliphatic rings. The molecule has 0 radical (unpaired) electrons. The molecule has 1 aliphatic heterocycles. The zero-order valence-corrected chi connectivity index (χ0v) is 10.7. The summed E-state index contributed by atoms with van der Waals surface area (Å²) in [4.78, 5) is 13.3. The van der Waals surface area contributed by atoms with Crippen LogP contribution in [0.4, 0.5) is 0 Å². The highest BCUT2D eigenvalue weighted by atomic mass is 16.4. The lowest BCUT2D eigenvalue weighted by molar-refractivity contribution is -0.142. The summed E-state index contributed by atoms with van der Waals surface area (Å²) < 4.78 is 0. The topological polar surface area (TPSA) is 40.5 Å². The van der Waals surface area contributed by atoms with Crippen molar-refractivity contribution >= 4 is 16.7 Å². The average Bonchev–Trinajstić information content (AvgIpc) is 2.87. The highest BCUT2D eigenvalue weighted by Crippen LogP contribution is 2.24. The highest BCUT2D eigenvalue weighted by molar-refractivity contribution is 5.85. The minimum absolute atomic E-state index is 0.320. The second-order valence-corrected chi connectivity index (χ2v) is 5.11. The molecule has 0 bridgehead atoms. The normalized spacial score (nSPS) is 19.9. The predicted octanol–water partition coefficient (Wildman–Crippen LogP) is 2.89. The van der Waals surface area contributed by atoms with Gasteiger partial charge in [-0.15, -0.1) is 0 Å². The van der Waals surface area contributed by atoms with E-state index in [1.54, 1.807) is 0 Å². The molecule has 3 heteroatoms. The number of fused-ring (bicyclic) bond motifs is 1. The second-order valence-electron chi connectivity index (χ2n) is 5.11. The van der Waals surface area contributed by atoms with Gasteiger partial charge in [0.2, 0.25) is 0 Å². The first-order valence-corrected chi connectivity index (χ1v) is 6.69. The fourth-order valence-electron chi connectivity index (χ4n) is 2.94. The van der Waals surface area contributed by atoms with Crippen LogP contribution in [0, 0.1) is 0 Å². The molecule has 0 amide bonds. The maximum atomic E-state index is 11.2. The van der Waals surface area contributed by atoms with Gasteiger partial charge in [-0.1, -0.05) is 42.5 Å².